The van der Waals surface area contributed by atoms with Crippen LogP contribution < -0.4 is 11.1 Å². The van der Waals surface area contributed by atoms with Crippen molar-refractivity contribution in [2.75, 3.05) is 0 Å². The molecule has 3 amide bonds. The summed E-state index contributed by atoms with van der Waals surface area (Å²) in [5.41, 5.74) is 6.80. The molecule has 0 saturated carbocycles. The van der Waals surface area contributed by atoms with Gasteiger partial charge in [0.05, 0.1) is 0 Å². The number of aliphatic carboxylic acids is 1. The topological polar surface area (TPSA) is 130 Å². The van der Waals surface area contributed by atoms with Gasteiger partial charge in [0.15, 0.2) is 0 Å². The average molecular weight is 335 g/mol. The standard InChI is InChI=1S/C14H15N3O3.C2H4O2/c15-6-8-1-2-10-9(5-8)7-17(14(10)20)11-3-4-12(18)16-13(11)19;1-2(3)4/h1-2,5,11H,3-4,6-7,15H2,(H,16,18,19);1H3,(H,3,4)/i6D2;. The lowest BCUT2D eigenvalue weighted by molar-refractivity contribution is -0.137. The number of rotatable bonds is 2. The Morgan fingerprint density at radius 1 is 1.46 bits per heavy atom. The second kappa shape index (κ2) is 7.22. The first-order valence-electron chi connectivity index (χ1n) is 8.27. The lowest BCUT2D eigenvalue weighted by Gasteiger charge is -2.29. The Bertz CT molecular complexity index is 772. The Balaban J connectivity index is 0.000000552. The molecule has 128 valence electrons. The molecule has 3 rings (SSSR count). The Labute approximate surface area is 141 Å². The van der Waals surface area contributed by atoms with Crippen LogP contribution in [-0.2, 0) is 27.4 Å². The molecule has 1 fully saturated rings. The zero-order valence-corrected chi connectivity index (χ0v) is 13.0. The van der Waals surface area contributed by atoms with Crippen LogP contribution in [0.2, 0.25) is 0 Å². The minimum atomic E-state index is -1.99. The molecule has 0 aliphatic carbocycles. The van der Waals surface area contributed by atoms with Gasteiger partial charge in [-0.1, -0.05) is 12.1 Å². The average Bonchev–Trinajstić information content (AvgIpc) is 2.82. The summed E-state index contributed by atoms with van der Waals surface area (Å²) in [6.45, 7) is -0.690. The number of amides is 3. The van der Waals surface area contributed by atoms with Crippen LogP contribution in [-0.4, -0.2) is 39.7 Å². The molecule has 0 bridgehead atoms. The van der Waals surface area contributed by atoms with Crippen molar-refractivity contribution in [3.63, 3.8) is 0 Å². The molecule has 8 heteroatoms. The predicted molar refractivity (Wildman–Crippen MR) is 83.7 cm³/mol. The number of nitrogens with two attached hydrogens (primary N) is 1. The summed E-state index contributed by atoms with van der Waals surface area (Å²) in [4.78, 5) is 45.9. The van der Waals surface area contributed by atoms with Gasteiger partial charge in [0.1, 0.15) is 6.04 Å². The first-order chi connectivity index (χ1) is 12.0. The van der Waals surface area contributed by atoms with E-state index in [-0.39, 0.29) is 30.3 Å². The second-order valence-electron chi connectivity index (χ2n) is 5.44. The SMILES string of the molecule is CC(=O)O.[2H]C([2H])(N)c1ccc2c(c1)CN(C1CCC(=O)NC1=O)C2=O. The van der Waals surface area contributed by atoms with Crippen LogP contribution in [0.1, 0.15) is 44.0 Å². The highest BCUT2D eigenvalue weighted by Crippen LogP contribution is 2.28. The van der Waals surface area contributed by atoms with E-state index in [9.17, 15) is 14.4 Å². The van der Waals surface area contributed by atoms with Crippen molar-refractivity contribution < 1.29 is 27.0 Å². The zero-order chi connectivity index (χ0) is 19.6. The van der Waals surface area contributed by atoms with Crippen molar-refractivity contribution in [3.8, 4) is 0 Å². The maximum Gasteiger partial charge on any atom is 0.300 e. The van der Waals surface area contributed by atoms with Crippen LogP contribution in [0.25, 0.3) is 0 Å². The van der Waals surface area contributed by atoms with Crippen LogP contribution in [0, 0.1) is 0 Å². The lowest BCUT2D eigenvalue weighted by atomic mass is 10.0. The van der Waals surface area contributed by atoms with Gasteiger partial charge in [0, 0.05) is 34.7 Å². The number of benzene rings is 1. The molecular formula is C16H19N3O5. The summed E-state index contributed by atoms with van der Waals surface area (Å²) in [6, 6.07) is 3.89. The van der Waals surface area contributed by atoms with Crippen molar-refractivity contribution in [2.45, 2.75) is 38.8 Å². The van der Waals surface area contributed by atoms with Crippen LogP contribution >= 0.6 is 0 Å². The number of carboxylic acid groups (broad SMARTS) is 1. The quantitative estimate of drug-likeness (QED) is 0.652. The third-order valence-electron chi connectivity index (χ3n) is 3.69. The van der Waals surface area contributed by atoms with Gasteiger partial charge in [0.25, 0.3) is 11.9 Å². The summed E-state index contributed by atoms with van der Waals surface area (Å²) < 4.78 is 15.1. The smallest absolute Gasteiger partial charge is 0.300 e. The lowest BCUT2D eigenvalue weighted by Crippen LogP contribution is -2.52. The predicted octanol–water partition coefficient (Wildman–Crippen LogP) is -0.00280. The molecule has 0 spiro atoms. The van der Waals surface area contributed by atoms with E-state index in [1.165, 1.54) is 17.0 Å². The molecular weight excluding hydrogens is 314 g/mol. The number of piperidine rings is 1. The number of hydrogen-bond acceptors (Lipinski definition) is 5. The fourth-order valence-electron chi connectivity index (χ4n) is 2.66. The summed E-state index contributed by atoms with van der Waals surface area (Å²) in [5.74, 6) is -1.91. The molecule has 1 saturated heterocycles. The first kappa shape index (κ1) is 14.8. The number of nitrogens with zero attached hydrogens (tertiary/aromatic N) is 1. The number of imide groups is 1. The van der Waals surface area contributed by atoms with E-state index in [1.807, 2.05) is 0 Å². The summed E-state index contributed by atoms with van der Waals surface area (Å²) in [7, 11) is 0. The van der Waals surface area contributed by atoms with Crippen molar-refractivity contribution in [3.05, 3.63) is 34.9 Å². The molecule has 2 aliphatic rings. The number of fused-ring (bicyclic) bond motifs is 1. The monoisotopic (exact) mass is 335 g/mol. The Morgan fingerprint density at radius 3 is 2.71 bits per heavy atom. The van der Waals surface area contributed by atoms with Crippen LogP contribution in [0.5, 0.6) is 0 Å². The van der Waals surface area contributed by atoms with E-state index < -0.39 is 24.4 Å². The van der Waals surface area contributed by atoms with Gasteiger partial charge >= 0.3 is 0 Å². The van der Waals surface area contributed by atoms with E-state index in [0.29, 0.717) is 17.5 Å². The molecule has 4 N–H and O–H groups in total. The van der Waals surface area contributed by atoms with Crippen molar-refractivity contribution in [1.82, 2.24) is 10.2 Å². The summed E-state index contributed by atoms with van der Waals surface area (Å²) >= 11 is 0. The molecule has 2 heterocycles. The largest absolute Gasteiger partial charge is 0.481 e. The van der Waals surface area contributed by atoms with Crippen LogP contribution in [0.3, 0.4) is 0 Å². The second-order valence-corrected chi connectivity index (χ2v) is 5.44. The molecule has 8 nitrogen and oxygen atoms in total. The number of carboxylic acids is 1. The Hall–Kier alpha value is -2.74. The minimum Gasteiger partial charge on any atom is -0.481 e. The molecule has 1 unspecified atom stereocenters. The molecule has 0 aromatic heterocycles. The zero-order valence-electron chi connectivity index (χ0n) is 15.0. The van der Waals surface area contributed by atoms with Gasteiger partial charge in [-0.3, -0.25) is 24.5 Å². The molecule has 2 aliphatic heterocycles. The van der Waals surface area contributed by atoms with Gasteiger partial charge in [-0.05, 0) is 23.6 Å². The highest BCUT2D eigenvalue weighted by atomic mass is 16.4. The fourth-order valence-corrected chi connectivity index (χ4v) is 2.66. The Kier molecular flexibility index (Phi) is 4.46. The maximum atomic E-state index is 12.4. The number of hydrogen-bond donors (Lipinski definition) is 3. The van der Waals surface area contributed by atoms with Crippen LogP contribution in [0.4, 0.5) is 0 Å². The third-order valence-corrected chi connectivity index (χ3v) is 3.69. The van der Waals surface area contributed by atoms with Crippen molar-refractivity contribution >= 4 is 23.7 Å². The van der Waals surface area contributed by atoms with E-state index >= 15 is 0 Å². The van der Waals surface area contributed by atoms with Crippen molar-refractivity contribution in [2.24, 2.45) is 5.73 Å². The highest BCUT2D eigenvalue weighted by Gasteiger charge is 2.38. The van der Waals surface area contributed by atoms with Gasteiger partial charge in [-0.15, -0.1) is 0 Å². The van der Waals surface area contributed by atoms with Gasteiger partial charge in [-0.2, -0.15) is 0 Å². The maximum absolute atomic E-state index is 12.4. The van der Waals surface area contributed by atoms with Crippen molar-refractivity contribution in [1.29, 1.82) is 0 Å². The minimum absolute atomic E-state index is 0.202. The summed E-state index contributed by atoms with van der Waals surface area (Å²) in [6.07, 6.45) is 0.502. The van der Waals surface area contributed by atoms with E-state index in [1.54, 1.807) is 6.07 Å². The van der Waals surface area contributed by atoms with Gasteiger partial charge in [0.2, 0.25) is 11.8 Å². The number of carbonyl (C=O) groups is 4. The number of carbonyl (C=O) groups excluding carboxylic acids is 3. The van der Waals surface area contributed by atoms with Crippen LogP contribution in [0.15, 0.2) is 18.2 Å². The van der Waals surface area contributed by atoms with Gasteiger partial charge < -0.3 is 15.7 Å². The van der Waals surface area contributed by atoms with E-state index in [4.69, 9.17) is 18.4 Å². The summed E-state index contributed by atoms with van der Waals surface area (Å²) in [5, 5.41) is 9.65. The molecule has 0 radical (unpaired) electrons. The number of nitrogens with one attached hydrogen (secondary N) is 1. The van der Waals surface area contributed by atoms with E-state index in [0.717, 1.165) is 6.92 Å². The fraction of sp³-hybridized carbons (Fsp3) is 0.375. The van der Waals surface area contributed by atoms with E-state index in [2.05, 4.69) is 5.32 Å². The Morgan fingerprint density at radius 2 is 2.12 bits per heavy atom. The highest BCUT2D eigenvalue weighted by molar-refractivity contribution is 6.05. The normalized spacial score (nSPS) is 21.2. The molecule has 1 aromatic rings. The molecule has 1 aromatic carbocycles. The third kappa shape index (κ3) is 3.77. The van der Waals surface area contributed by atoms with Gasteiger partial charge in [-0.25, -0.2) is 0 Å². The molecule has 1 atom stereocenters. The molecule has 24 heavy (non-hydrogen) atoms. The first-order valence-corrected chi connectivity index (χ1v) is 7.27.